The fraction of sp³-hybridized carbons (Fsp3) is 0.500. The van der Waals surface area contributed by atoms with Crippen molar-refractivity contribution in [1.29, 1.82) is 0 Å². The second kappa shape index (κ2) is 3.69. The van der Waals surface area contributed by atoms with Gasteiger partial charge in [-0.3, -0.25) is 0 Å². The van der Waals surface area contributed by atoms with Crippen LogP contribution in [0, 0.1) is 0 Å². The second-order valence-corrected chi connectivity index (χ2v) is 9.98. The normalized spacial score (nSPS) is 11.9. The molecular formula is C8H13SSi2. The third-order valence-corrected chi connectivity index (χ3v) is 8.38. The lowest BCUT2D eigenvalue weighted by Crippen LogP contribution is -2.38. The van der Waals surface area contributed by atoms with E-state index in [0.717, 1.165) is 6.04 Å². The van der Waals surface area contributed by atoms with E-state index in [1.54, 1.807) is 4.50 Å². The van der Waals surface area contributed by atoms with Crippen LogP contribution in [0.15, 0.2) is 17.5 Å². The Morgan fingerprint density at radius 1 is 1.55 bits per heavy atom. The van der Waals surface area contributed by atoms with Crippen LogP contribution in [-0.4, -0.2) is 18.3 Å². The van der Waals surface area contributed by atoms with Crippen LogP contribution in [0.1, 0.15) is 0 Å². The minimum absolute atomic E-state index is 1.06. The van der Waals surface area contributed by atoms with Gasteiger partial charge in [-0.05, 0) is 9.88 Å². The summed E-state index contributed by atoms with van der Waals surface area (Å²) in [5, 5.41) is 2.18. The Balaban J connectivity index is 2.73. The minimum atomic E-state index is -1.06. The van der Waals surface area contributed by atoms with Gasteiger partial charge in [0.15, 0.2) is 0 Å². The molecule has 0 bridgehead atoms. The van der Waals surface area contributed by atoms with Crippen molar-refractivity contribution in [2.45, 2.75) is 25.2 Å². The maximum atomic E-state index is 3.56. The molecule has 3 radical (unpaired) electrons. The third-order valence-electron chi connectivity index (χ3n) is 1.94. The summed E-state index contributed by atoms with van der Waals surface area (Å²) >= 11 is 1.91. The van der Waals surface area contributed by atoms with E-state index in [4.69, 9.17) is 0 Å². The topological polar surface area (TPSA) is 0 Å². The first kappa shape index (κ1) is 9.22. The summed E-state index contributed by atoms with van der Waals surface area (Å²) < 4.78 is 1.62. The predicted molar refractivity (Wildman–Crippen MR) is 56.8 cm³/mol. The molecule has 0 fully saturated rings. The van der Waals surface area contributed by atoms with Gasteiger partial charge >= 0.3 is 0 Å². The maximum Gasteiger partial charge on any atom is 0.0931 e. The zero-order chi connectivity index (χ0) is 8.32. The molecular weight excluding hydrogens is 184 g/mol. The largest absolute Gasteiger partial charge is 0.154 e. The standard InChI is InChI=1S/C8H13SSi2/c1-11(2,7-6-10)8-4-3-5-9-8/h3-5H,6-7H2,1-2H3. The number of thiophene rings is 1. The van der Waals surface area contributed by atoms with Crippen LogP contribution in [0.2, 0.25) is 25.2 Å². The highest BCUT2D eigenvalue weighted by Crippen LogP contribution is 2.14. The first-order valence-corrected chi connectivity index (χ1v) is 8.65. The van der Waals surface area contributed by atoms with Gasteiger partial charge in [-0.1, -0.05) is 37.3 Å². The van der Waals surface area contributed by atoms with Gasteiger partial charge in [-0.15, -0.1) is 0 Å². The molecule has 0 aliphatic carbocycles. The highest BCUT2D eigenvalue weighted by molar-refractivity contribution is 7.25. The van der Waals surface area contributed by atoms with Crippen molar-refractivity contribution in [3.63, 3.8) is 0 Å². The lowest BCUT2D eigenvalue weighted by molar-refractivity contribution is 1.37. The van der Waals surface area contributed by atoms with E-state index >= 15 is 0 Å². The summed E-state index contributed by atoms with van der Waals surface area (Å²) in [5.74, 6) is 0. The van der Waals surface area contributed by atoms with Crippen molar-refractivity contribution in [3.05, 3.63) is 17.5 Å². The minimum Gasteiger partial charge on any atom is -0.154 e. The molecule has 59 valence electrons. The Hall–Kier alpha value is 0.134. The van der Waals surface area contributed by atoms with Gasteiger partial charge in [0.1, 0.15) is 0 Å². The molecule has 0 nitrogen and oxygen atoms in total. The van der Waals surface area contributed by atoms with Crippen molar-refractivity contribution in [2.24, 2.45) is 0 Å². The van der Waals surface area contributed by atoms with Crippen LogP contribution in [-0.2, 0) is 0 Å². The van der Waals surface area contributed by atoms with E-state index in [0.29, 0.717) is 0 Å². The van der Waals surface area contributed by atoms with Crippen LogP contribution in [0.3, 0.4) is 0 Å². The van der Waals surface area contributed by atoms with Crippen LogP contribution in [0.4, 0.5) is 0 Å². The Morgan fingerprint density at radius 3 is 2.73 bits per heavy atom. The summed E-state index contributed by atoms with van der Waals surface area (Å²) in [6.07, 6.45) is 0. The average molecular weight is 197 g/mol. The van der Waals surface area contributed by atoms with E-state index < -0.39 is 8.07 Å². The number of hydrogen-bond acceptors (Lipinski definition) is 1. The molecule has 0 unspecified atom stereocenters. The van der Waals surface area contributed by atoms with Gasteiger partial charge < -0.3 is 0 Å². The lowest BCUT2D eigenvalue weighted by Gasteiger charge is -2.19. The summed E-state index contributed by atoms with van der Waals surface area (Å²) in [6, 6.07) is 6.91. The molecule has 0 saturated heterocycles. The highest BCUT2D eigenvalue weighted by atomic mass is 32.1. The molecule has 1 aromatic rings. The predicted octanol–water partition coefficient (Wildman–Crippen LogP) is 2.25. The van der Waals surface area contributed by atoms with E-state index in [2.05, 4.69) is 40.8 Å². The Morgan fingerprint density at radius 2 is 2.27 bits per heavy atom. The smallest absolute Gasteiger partial charge is 0.0931 e. The van der Waals surface area contributed by atoms with E-state index in [9.17, 15) is 0 Å². The zero-order valence-corrected chi connectivity index (χ0v) is 9.87. The van der Waals surface area contributed by atoms with Crippen molar-refractivity contribution in [1.82, 2.24) is 0 Å². The van der Waals surface area contributed by atoms with Gasteiger partial charge in [0.25, 0.3) is 0 Å². The highest BCUT2D eigenvalue weighted by Gasteiger charge is 2.22. The molecule has 0 atom stereocenters. The van der Waals surface area contributed by atoms with Gasteiger partial charge in [-0.2, -0.15) is 11.3 Å². The summed E-state index contributed by atoms with van der Waals surface area (Å²) in [6.45, 7) is 4.86. The van der Waals surface area contributed by atoms with Gasteiger partial charge in [0.2, 0.25) is 0 Å². The molecule has 0 spiro atoms. The fourth-order valence-corrected chi connectivity index (χ4v) is 6.64. The zero-order valence-electron chi connectivity index (χ0n) is 7.05. The molecule has 0 aliphatic heterocycles. The van der Waals surface area contributed by atoms with E-state index in [1.165, 1.54) is 6.04 Å². The third kappa shape index (κ3) is 2.28. The van der Waals surface area contributed by atoms with Crippen molar-refractivity contribution < 1.29 is 0 Å². The first-order chi connectivity index (χ1) is 5.17. The first-order valence-electron chi connectivity index (χ1n) is 3.85. The van der Waals surface area contributed by atoms with Crippen LogP contribution < -0.4 is 4.50 Å². The molecule has 1 aromatic heterocycles. The van der Waals surface area contributed by atoms with Crippen molar-refractivity contribution in [2.75, 3.05) is 0 Å². The van der Waals surface area contributed by atoms with Gasteiger partial charge in [0, 0.05) is 10.2 Å². The van der Waals surface area contributed by atoms with Crippen LogP contribution in [0.25, 0.3) is 0 Å². The SMILES string of the molecule is C[Si](C)(CC[Si])c1cccs1. The summed E-state index contributed by atoms with van der Waals surface area (Å²) in [5.41, 5.74) is 0. The molecule has 3 heteroatoms. The fourth-order valence-electron chi connectivity index (χ4n) is 1.10. The lowest BCUT2D eigenvalue weighted by atomic mass is 10.7. The maximum absolute atomic E-state index is 3.56. The van der Waals surface area contributed by atoms with E-state index in [-0.39, 0.29) is 0 Å². The molecule has 0 N–H and O–H groups in total. The van der Waals surface area contributed by atoms with Gasteiger partial charge in [-0.25, -0.2) is 0 Å². The Labute approximate surface area is 77.1 Å². The van der Waals surface area contributed by atoms with Crippen molar-refractivity contribution in [3.8, 4) is 0 Å². The molecule has 1 heterocycles. The quantitative estimate of drug-likeness (QED) is 0.652. The molecule has 0 amide bonds. The number of hydrogen-bond donors (Lipinski definition) is 0. The molecule has 0 aromatic carbocycles. The molecule has 11 heavy (non-hydrogen) atoms. The van der Waals surface area contributed by atoms with Crippen molar-refractivity contribution >= 4 is 34.2 Å². The van der Waals surface area contributed by atoms with E-state index in [1.807, 2.05) is 11.3 Å². The average Bonchev–Trinajstić information content (AvgIpc) is 2.37. The monoisotopic (exact) mass is 197 g/mol. The number of rotatable bonds is 3. The van der Waals surface area contributed by atoms with Crippen LogP contribution in [0.5, 0.6) is 0 Å². The molecule has 0 saturated carbocycles. The molecule has 0 aliphatic rings. The summed E-state index contributed by atoms with van der Waals surface area (Å²) in [4.78, 5) is 0. The summed E-state index contributed by atoms with van der Waals surface area (Å²) in [7, 11) is 2.50. The second-order valence-electron chi connectivity index (χ2n) is 3.36. The molecule has 1 rings (SSSR count). The van der Waals surface area contributed by atoms with Gasteiger partial charge in [0.05, 0.1) is 8.07 Å². The Kier molecular flexibility index (Phi) is 3.10. The Bertz CT molecular complexity index is 204. The van der Waals surface area contributed by atoms with Crippen LogP contribution >= 0.6 is 11.3 Å².